The first kappa shape index (κ1) is 18.5. The highest BCUT2D eigenvalue weighted by atomic mass is 19.1. The van der Waals surface area contributed by atoms with Crippen LogP contribution in [0.5, 0.6) is 0 Å². The highest BCUT2D eigenvalue weighted by Crippen LogP contribution is 2.48. The number of likely N-dealkylation sites (tertiary alicyclic amines) is 1. The van der Waals surface area contributed by atoms with Gasteiger partial charge in [-0.15, -0.1) is 0 Å². The predicted octanol–water partition coefficient (Wildman–Crippen LogP) is 3.69. The van der Waals surface area contributed by atoms with Gasteiger partial charge in [0.15, 0.2) is 0 Å². The summed E-state index contributed by atoms with van der Waals surface area (Å²) in [6, 6.07) is 6.42. The Labute approximate surface area is 160 Å². The molecule has 4 nitrogen and oxygen atoms in total. The molecule has 2 aliphatic rings. The van der Waals surface area contributed by atoms with E-state index < -0.39 is 5.60 Å². The third-order valence-corrected chi connectivity index (χ3v) is 6.25. The van der Waals surface area contributed by atoms with E-state index in [1.165, 1.54) is 12.1 Å². The SMILES string of the molecule is CCCc1ncc(CN2C[C@@H]3CCC[C@](O)(c4ccc(F)cc4)[C@@H]3C2)cn1. The number of aliphatic hydroxyl groups is 1. The zero-order chi connectivity index (χ0) is 18.9. The first-order chi connectivity index (χ1) is 13.1. The molecule has 0 bridgehead atoms. The Morgan fingerprint density at radius 1 is 1.19 bits per heavy atom. The van der Waals surface area contributed by atoms with Crippen molar-refractivity contribution in [3.8, 4) is 0 Å². The van der Waals surface area contributed by atoms with E-state index in [1.54, 1.807) is 12.1 Å². The molecule has 0 unspecified atom stereocenters. The van der Waals surface area contributed by atoms with Gasteiger partial charge in [0.25, 0.3) is 0 Å². The van der Waals surface area contributed by atoms with Crippen LogP contribution in [0.25, 0.3) is 0 Å². The lowest BCUT2D eigenvalue weighted by Gasteiger charge is -2.41. The van der Waals surface area contributed by atoms with Gasteiger partial charge in [-0.05, 0) is 49.3 Å². The molecule has 1 aromatic heterocycles. The summed E-state index contributed by atoms with van der Waals surface area (Å²) in [5.74, 6) is 1.32. The van der Waals surface area contributed by atoms with Crippen molar-refractivity contribution in [2.45, 2.75) is 51.2 Å². The monoisotopic (exact) mass is 369 g/mol. The summed E-state index contributed by atoms with van der Waals surface area (Å²) in [6.07, 6.45) is 8.75. The molecule has 1 aromatic carbocycles. The topological polar surface area (TPSA) is 49.2 Å². The Morgan fingerprint density at radius 2 is 1.93 bits per heavy atom. The van der Waals surface area contributed by atoms with Gasteiger partial charge >= 0.3 is 0 Å². The quantitative estimate of drug-likeness (QED) is 0.873. The number of aromatic nitrogens is 2. The zero-order valence-corrected chi connectivity index (χ0v) is 15.9. The Hall–Kier alpha value is -1.85. The normalized spacial score (nSPS) is 28.3. The lowest BCUT2D eigenvalue weighted by molar-refractivity contribution is -0.0648. The molecule has 2 aromatic rings. The number of halogens is 1. The Bertz CT molecular complexity index is 764. The maximum Gasteiger partial charge on any atom is 0.128 e. The minimum atomic E-state index is -0.854. The molecule has 5 heteroatoms. The molecule has 1 saturated heterocycles. The van der Waals surface area contributed by atoms with Gasteiger partial charge in [0, 0.05) is 49.9 Å². The molecule has 3 atom stereocenters. The van der Waals surface area contributed by atoms with Gasteiger partial charge < -0.3 is 5.11 Å². The number of rotatable bonds is 5. The largest absolute Gasteiger partial charge is 0.385 e. The minimum Gasteiger partial charge on any atom is -0.385 e. The smallest absolute Gasteiger partial charge is 0.128 e. The summed E-state index contributed by atoms with van der Waals surface area (Å²) >= 11 is 0. The van der Waals surface area contributed by atoms with E-state index in [4.69, 9.17) is 0 Å². The minimum absolute atomic E-state index is 0.192. The predicted molar refractivity (Wildman–Crippen MR) is 102 cm³/mol. The summed E-state index contributed by atoms with van der Waals surface area (Å²) in [7, 11) is 0. The Kier molecular flexibility index (Phi) is 5.24. The van der Waals surface area contributed by atoms with E-state index in [-0.39, 0.29) is 11.7 Å². The van der Waals surface area contributed by atoms with Crippen molar-refractivity contribution >= 4 is 0 Å². The second-order valence-electron chi connectivity index (χ2n) is 8.14. The average molecular weight is 369 g/mol. The van der Waals surface area contributed by atoms with Crippen molar-refractivity contribution in [2.24, 2.45) is 11.8 Å². The fraction of sp³-hybridized carbons (Fsp3) is 0.545. The maximum atomic E-state index is 13.3. The van der Waals surface area contributed by atoms with E-state index in [9.17, 15) is 9.50 Å². The van der Waals surface area contributed by atoms with Gasteiger partial charge in [-0.1, -0.05) is 19.1 Å². The van der Waals surface area contributed by atoms with Crippen LogP contribution in [0.15, 0.2) is 36.7 Å². The van der Waals surface area contributed by atoms with Gasteiger partial charge in [-0.3, -0.25) is 4.90 Å². The van der Waals surface area contributed by atoms with Crippen LogP contribution in [-0.4, -0.2) is 33.1 Å². The van der Waals surface area contributed by atoms with Crippen molar-refractivity contribution in [3.05, 3.63) is 59.4 Å². The molecular weight excluding hydrogens is 341 g/mol. The van der Waals surface area contributed by atoms with E-state index in [2.05, 4.69) is 21.8 Å². The zero-order valence-electron chi connectivity index (χ0n) is 15.9. The van der Waals surface area contributed by atoms with Gasteiger partial charge in [0.2, 0.25) is 0 Å². The van der Waals surface area contributed by atoms with Crippen LogP contribution in [0.3, 0.4) is 0 Å². The van der Waals surface area contributed by atoms with Crippen LogP contribution >= 0.6 is 0 Å². The van der Waals surface area contributed by atoms with E-state index in [1.807, 2.05) is 12.4 Å². The summed E-state index contributed by atoms with van der Waals surface area (Å²) in [5.41, 5.74) is 1.12. The fourth-order valence-corrected chi connectivity index (χ4v) is 4.91. The molecule has 2 fully saturated rings. The van der Waals surface area contributed by atoms with Crippen LogP contribution in [-0.2, 0) is 18.6 Å². The highest BCUT2D eigenvalue weighted by molar-refractivity contribution is 5.26. The third kappa shape index (κ3) is 3.76. The number of aryl methyl sites for hydroxylation is 1. The first-order valence-electron chi connectivity index (χ1n) is 10.1. The summed E-state index contributed by atoms with van der Waals surface area (Å²) in [4.78, 5) is 11.3. The molecule has 144 valence electrons. The van der Waals surface area contributed by atoms with Crippen molar-refractivity contribution < 1.29 is 9.50 Å². The molecule has 0 radical (unpaired) electrons. The number of benzene rings is 1. The number of hydrogen-bond acceptors (Lipinski definition) is 4. The molecular formula is C22H28FN3O. The number of nitrogens with zero attached hydrogens (tertiary/aromatic N) is 3. The maximum absolute atomic E-state index is 13.3. The fourth-order valence-electron chi connectivity index (χ4n) is 4.91. The molecule has 27 heavy (non-hydrogen) atoms. The average Bonchev–Trinajstić information content (AvgIpc) is 3.08. The van der Waals surface area contributed by atoms with Crippen molar-refractivity contribution in [1.29, 1.82) is 0 Å². The van der Waals surface area contributed by atoms with Crippen molar-refractivity contribution in [3.63, 3.8) is 0 Å². The lowest BCUT2D eigenvalue weighted by atomic mass is 9.67. The summed E-state index contributed by atoms with van der Waals surface area (Å²) in [6.45, 7) is 4.80. The second-order valence-corrected chi connectivity index (χ2v) is 8.14. The second kappa shape index (κ2) is 7.64. The molecule has 1 aliphatic heterocycles. The van der Waals surface area contributed by atoms with Crippen LogP contribution in [0.1, 0.15) is 49.6 Å². The van der Waals surface area contributed by atoms with Crippen LogP contribution in [0.2, 0.25) is 0 Å². The molecule has 1 N–H and O–H groups in total. The van der Waals surface area contributed by atoms with E-state index in [0.717, 1.165) is 68.7 Å². The molecule has 1 aliphatic carbocycles. The van der Waals surface area contributed by atoms with Crippen molar-refractivity contribution in [2.75, 3.05) is 13.1 Å². The van der Waals surface area contributed by atoms with Crippen LogP contribution in [0, 0.1) is 17.7 Å². The Balaban J connectivity index is 1.48. The van der Waals surface area contributed by atoms with Crippen molar-refractivity contribution in [1.82, 2.24) is 14.9 Å². The van der Waals surface area contributed by atoms with Gasteiger partial charge in [0.1, 0.15) is 11.6 Å². The van der Waals surface area contributed by atoms with E-state index >= 15 is 0 Å². The number of hydrogen-bond donors (Lipinski definition) is 1. The lowest BCUT2D eigenvalue weighted by Crippen LogP contribution is -2.42. The van der Waals surface area contributed by atoms with E-state index in [0.29, 0.717) is 5.92 Å². The Morgan fingerprint density at radius 3 is 2.63 bits per heavy atom. The van der Waals surface area contributed by atoms with Crippen LogP contribution < -0.4 is 0 Å². The van der Waals surface area contributed by atoms with Crippen LogP contribution in [0.4, 0.5) is 4.39 Å². The molecule has 0 amide bonds. The van der Waals surface area contributed by atoms with Gasteiger partial charge in [-0.25, -0.2) is 14.4 Å². The highest BCUT2D eigenvalue weighted by Gasteiger charge is 2.49. The summed E-state index contributed by atoms with van der Waals surface area (Å²) < 4.78 is 13.3. The standard InChI is InChI=1S/C22H28FN3O/c1-2-4-21-24-11-16(12-25-21)13-26-14-17-5-3-10-22(27,20(17)15-26)18-6-8-19(23)9-7-18/h6-9,11-12,17,20,27H,2-5,10,13-15H2,1H3/t17-,20+,22-/m0/s1. The molecule has 4 rings (SSSR count). The molecule has 1 saturated carbocycles. The van der Waals surface area contributed by atoms with Gasteiger partial charge in [-0.2, -0.15) is 0 Å². The third-order valence-electron chi connectivity index (χ3n) is 6.25. The van der Waals surface area contributed by atoms with Gasteiger partial charge in [0.05, 0.1) is 5.60 Å². The first-order valence-corrected chi connectivity index (χ1v) is 10.1. The molecule has 2 heterocycles. The number of fused-ring (bicyclic) bond motifs is 1. The molecule has 0 spiro atoms. The summed E-state index contributed by atoms with van der Waals surface area (Å²) in [5, 5.41) is 11.5.